The molecule has 1 aromatic carbocycles. The van der Waals surface area contributed by atoms with Gasteiger partial charge in [0, 0.05) is 6.07 Å². The number of ether oxygens (including phenoxy) is 1. The summed E-state index contributed by atoms with van der Waals surface area (Å²) in [7, 11) is 1.46. The zero-order valence-electron chi connectivity index (χ0n) is 8.45. The van der Waals surface area contributed by atoms with Gasteiger partial charge >= 0.3 is 5.97 Å². The Kier molecular flexibility index (Phi) is 3.49. The smallest absolute Gasteiger partial charge is 0.325 e. The van der Waals surface area contributed by atoms with Crippen LogP contribution in [0.1, 0.15) is 6.92 Å². The summed E-state index contributed by atoms with van der Waals surface area (Å²) < 4.78 is 18.1. The predicted octanol–water partition coefficient (Wildman–Crippen LogP) is 1.72. The van der Waals surface area contributed by atoms with Crippen molar-refractivity contribution in [3.8, 4) is 5.75 Å². The molecule has 0 aliphatic rings. The van der Waals surface area contributed by atoms with E-state index in [1.165, 1.54) is 32.2 Å². The standard InChI is InChI=1S/C10H12FNO3/c1-6(10(13)14)12-9-5-7(15-2)3-4-8(9)11/h3-6,12H,1-2H3,(H,13,14). The van der Waals surface area contributed by atoms with Crippen molar-refractivity contribution in [1.82, 2.24) is 0 Å². The Morgan fingerprint density at radius 3 is 2.80 bits per heavy atom. The number of halogens is 1. The van der Waals surface area contributed by atoms with E-state index in [4.69, 9.17) is 9.84 Å². The molecule has 5 heteroatoms. The molecule has 0 fully saturated rings. The molecule has 0 aliphatic carbocycles. The highest BCUT2D eigenvalue weighted by atomic mass is 19.1. The average Bonchev–Trinajstić information content (AvgIpc) is 2.21. The molecular formula is C10H12FNO3. The van der Waals surface area contributed by atoms with Crippen molar-refractivity contribution in [3.63, 3.8) is 0 Å². The zero-order chi connectivity index (χ0) is 11.4. The molecule has 1 aromatic rings. The molecule has 0 amide bonds. The maximum absolute atomic E-state index is 13.2. The number of benzene rings is 1. The van der Waals surface area contributed by atoms with Crippen LogP contribution in [-0.2, 0) is 4.79 Å². The number of anilines is 1. The summed E-state index contributed by atoms with van der Waals surface area (Å²) in [6.07, 6.45) is 0. The normalized spacial score (nSPS) is 11.9. The van der Waals surface area contributed by atoms with Gasteiger partial charge in [0.05, 0.1) is 12.8 Å². The number of hydrogen-bond donors (Lipinski definition) is 2. The monoisotopic (exact) mass is 213 g/mol. The lowest BCUT2D eigenvalue weighted by Gasteiger charge is -2.12. The summed E-state index contributed by atoms with van der Waals surface area (Å²) in [6, 6.07) is 3.24. The molecule has 1 rings (SSSR count). The van der Waals surface area contributed by atoms with Crippen molar-refractivity contribution in [3.05, 3.63) is 24.0 Å². The van der Waals surface area contributed by atoms with Gasteiger partial charge in [-0.3, -0.25) is 4.79 Å². The van der Waals surface area contributed by atoms with Gasteiger partial charge in [0.2, 0.25) is 0 Å². The molecule has 0 radical (unpaired) electrons. The van der Waals surface area contributed by atoms with Crippen LogP contribution in [0.15, 0.2) is 18.2 Å². The van der Waals surface area contributed by atoms with Crippen LogP contribution in [0.4, 0.5) is 10.1 Å². The predicted molar refractivity (Wildman–Crippen MR) is 53.7 cm³/mol. The van der Waals surface area contributed by atoms with E-state index < -0.39 is 17.8 Å². The van der Waals surface area contributed by atoms with Gasteiger partial charge in [-0.2, -0.15) is 0 Å². The summed E-state index contributed by atoms with van der Waals surface area (Å²) in [6.45, 7) is 1.43. The maximum atomic E-state index is 13.2. The number of carboxylic acid groups (broad SMARTS) is 1. The molecule has 0 aliphatic heterocycles. The third-order valence-electron chi connectivity index (χ3n) is 1.92. The molecule has 0 heterocycles. The summed E-state index contributed by atoms with van der Waals surface area (Å²) in [5.74, 6) is -1.09. The lowest BCUT2D eigenvalue weighted by Crippen LogP contribution is -2.25. The van der Waals surface area contributed by atoms with Gasteiger partial charge in [-0.25, -0.2) is 4.39 Å². The van der Waals surface area contributed by atoms with Gasteiger partial charge in [0.25, 0.3) is 0 Å². The van der Waals surface area contributed by atoms with E-state index in [0.29, 0.717) is 5.75 Å². The number of rotatable bonds is 4. The molecule has 0 bridgehead atoms. The molecule has 2 N–H and O–H groups in total. The van der Waals surface area contributed by atoms with Crippen LogP contribution >= 0.6 is 0 Å². The van der Waals surface area contributed by atoms with Gasteiger partial charge in [-0.05, 0) is 19.1 Å². The van der Waals surface area contributed by atoms with Gasteiger partial charge in [0.1, 0.15) is 17.6 Å². The first kappa shape index (κ1) is 11.3. The van der Waals surface area contributed by atoms with Crippen molar-refractivity contribution in [1.29, 1.82) is 0 Å². The van der Waals surface area contributed by atoms with E-state index in [2.05, 4.69) is 5.32 Å². The Balaban J connectivity index is 2.88. The molecule has 0 saturated heterocycles. The quantitative estimate of drug-likeness (QED) is 0.799. The van der Waals surface area contributed by atoms with E-state index >= 15 is 0 Å². The SMILES string of the molecule is COc1ccc(F)c(NC(C)C(=O)O)c1. The maximum Gasteiger partial charge on any atom is 0.325 e. The number of carboxylic acids is 1. The summed E-state index contributed by atoms with van der Waals surface area (Å²) in [5, 5.41) is 11.2. The zero-order valence-corrected chi connectivity index (χ0v) is 8.45. The van der Waals surface area contributed by atoms with Crippen molar-refractivity contribution in [2.24, 2.45) is 0 Å². The van der Waals surface area contributed by atoms with E-state index in [1.54, 1.807) is 0 Å². The molecular weight excluding hydrogens is 201 g/mol. The largest absolute Gasteiger partial charge is 0.497 e. The third-order valence-corrected chi connectivity index (χ3v) is 1.92. The highest BCUT2D eigenvalue weighted by molar-refractivity contribution is 5.76. The minimum Gasteiger partial charge on any atom is -0.497 e. The molecule has 0 saturated carbocycles. The van der Waals surface area contributed by atoms with Crippen LogP contribution in [0.25, 0.3) is 0 Å². The van der Waals surface area contributed by atoms with Crippen LogP contribution in [0, 0.1) is 5.82 Å². The first-order valence-corrected chi connectivity index (χ1v) is 4.37. The second-order valence-corrected chi connectivity index (χ2v) is 3.05. The molecule has 0 spiro atoms. The summed E-state index contributed by atoms with van der Waals surface area (Å²) >= 11 is 0. The van der Waals surface area contributed by atoms with Crippen LogP contribution in [0.2, 0.25) is 0 Å². The highest BCUT2D eigenvalue weighted by Gasteiger charge is 2.13. The van der Waals surface area contributed by atoms with Crippen LogP contribution < -0.4 is 10.1 Å². The summed E-state index contributed by atoms with van der Waals surface area (Å²) in [4.78, 5) is 10.6. The minimum absolute atomic E-state index is 0.115. The molecule has 1 unspecified atom stereocenters. The Hall–Kier alpha value is -1.78. The Bertz CT molecular complexity index is 368. The van der Waals surface area contributed by atoms with Gasteiger partial charge in [-0.1, -0.05) is 0 Å². The van der Waals surface area contributed by atoms with Crippen molar-refractivity contribution >= 4 is 11.7 Å². The van der Waals surface area contributed by atoms with E-state index in [0.717, 1.165) is 0 Å². The van der Waals surface area contributed by atoms with Crippen LogP contribution in [0.5, 0.6) is 5.75 Å². The third kappa shape index (κ3) is 2.83. The molecule has 1 atom stereocenters. The molecule has 4 nitrogen and oxygen atoms in total. The second-order valence-electron chi connectivity index (χ2n) is 3.05. The van der Waals surface area contributed by atoms with Gasteiger partial charge in [-0.15, -0.1) is 0 Å². The van der Waals surface area contributed by atoms with Crippen LogP contribution in [0.3, 0.4) is 0 Å². The lowest BCUT2D eigenvalue weighted by molar-refractivity contribution is -0.137. The topological polar surface area (TPSA) is 58.6 Å². The van der Waals surface area contributed by atoms with E-state index in [1.807, 2.05) is 0 Å². The Morgan fingerprint density at radius 1 is 1.60 bits per heavy atom. The van der Waals surface area contributed by atoms with E-state index in [9.17, 15) is 9.18 Å². The fourth-order valence-corrected chi connectivity index (χ4v) is 1.04. The average molecular weight is 213 g/mol. The van der Waals surface area contributed by atoms with E-state index in [-0.39, 0.29) is 5.69 Å². The summed E-state index contributed by atoms with van der Waals surface area (Å²) in [5.41, 5.74) is 0.115. The number of nitrogens with one attached hydrogen (secondary N) is 1. The Morgan fingerprint density at radius 2 is 2.27 bits per heavy atom. The van der Waals surface area contributed by atoms with Gasteiger partial charge < -0.3 is 15.2 Å². The molecule has 82 valence electrons. The fraction of sp³-hybridized carbons (Fsp3) is 0.300. The van der Waals surface area contributed by atoms with Crippen molar-refractivity contribution in [2.75, 3.05) is 12.4 Å². The van der Waals surface area contributed by atoms with Crippen LogP contribution in [-0.4, -0.2) is 24.2 Å². The second kappa shape index (κ2) is 4.63. The Labute approximate surface area is 86.7 Å². The first-order valence-electron chi connectivity index (χ1n) is 4.37. The first-order chi connectivity index (χ1) is 7.04. The minimum atomic E-state index is -1.04. The number of aliphatic carboxylic acids is 1. The van der Waals surface area contributed by atoms with Crippen molar-refractivity contribution < 1.29 is 19.0 Å². The highest BCUT2D eigenvalue weighted by Crippen LogP contribution is 2.21. The molecule has 15 heavy (non-hydrogen) atoms. The number of carbonyl (C=O) groups is 1. The van der Waals surface area contributed by atoms with Gasteiger partial charge in [0.15, 0.2) is 0 Å². The fourth-order valence-electron chi connectivity index (χ4n) is 1.04. The lowest BCUT2D eigenvalue weighted by atomic mass is 10.2. The molecule has 0 aromatic heterocycles. The van der Waals surface area contributed by atoms with Crippen molar-refractivity contribution in [2.45, 2.75) is 13.0 Å². The number of hydrogen-bond acceptors (Lipinski definition) is 3. The number of methoxy groups -OCH3 is 1.